The maximum absolute atomic E-state index is 13.1. The Morgan fingerprint density at radius 2 is 2.00 bits per heavy atom. The maximum Gasteiger partial charge on any atom is 0.273 e. The third kappa shape index (κ3) is 2.49. The van der Waals surface area contributed by atoms with E-state index in [9.17, 15) is 8.42 Å². The molecule has 1 aromatic carbocycles. The molecular formula is C19H18N2O3S2. The summed E-state index contributed by atoms with van der Waals surface area (Å²) in [6.45, 7) is 0.489. The highest BCUT2D eigenvalue weighted by molar-refractivity contribution is 7.94. The van der Waals surface area contributed by atoms with Gasteiger partial charge in [-0.2, -0.15) is 0 Å². The minimum absolute atomic E-state index is 0.339. The summed E-state index contributed by atoms with van der Waals surface area (Å²) < 4.78 is 33.9. The van der Waals surface area contributed by atoms with Gasteiger partial charge in [0.2, 0.25) is 0 Å². The number of hydrogen-bond acceptors (Lipinski definition) is 5. The fraction of sp³-hybridized carbons (Fsp3) is 0.316. The van der Waals surface area contributed by atoms with Crippen molar-refractivity contribution < 1.29 is 12.8 Å². The quantitative estimate of drug-likeness (QED) is 0.666. The van der Waals surface area contributed by atoms with Gasteiger partial charge in [-0.15, -0.1) is 11.3 Å². The molecule has 3 heterocycles. The highest BCUT2D eigenvalue weighted by atomic mass is 32.2. The number of sulfonamides is 1. The standard InChI is InChI=1S/C19H18N2O3S2/c22-26(23,21-11-10-13-4-1-2-7-15(13)21)18-9-8-17(25-18)16-12-20-19(24-16)14-5-3-6-14/h1-2,4,7-9,12,14H,3,5-6,10-11H2. The van der Waals surface area contributed by atoms with Crippen molar-refractivity contribution in [1.29, 1.82) is 0 Å². The van der Waals surface area contributed by atoms with Crippen LogP contribution in [0.3, 0.4) is 0 Å². The first-order valence-corrected chi connectivity index (χ1v) is 11.1. The molecule has 0 spiro atoms. The summed E-state index contributed by atoms with van der Waals surface area (Å²) in [5.74, 6) is 1.85. The lowest BCUT2D eigenvalue weighted by atomic mass is 9.85. The van der Waals surface area contributed by atoms with Gasteiger partial charge in [0.05, 0.1) is 16.8 Å². The summed E-state index contributed by atoms with van der Waals surface area (Å²) in [4.78, 5) is 5.17. The Hall–Kier alpha value is -2.12. The van der Waals surface area contributed by atoms with Gasteiger partial charge < -0.3 is 4.42 Å². The van der Waals surface area contributed by atoms with Crippen molar-refractivity contribution in [3.8, 4) is 10.6 Å². The molecule has 0 bridgehead atoms. The molecule has 2 aliphatic rings. The fourth-order valence-corrected chi connectivity index (χ4v) is 6.37. The first-order chi connectivity index (χ1) is 12.6. The third-order valence-corrected chi connectivity index (χ3v) is 8.57. The summed E-state index contributed by atoms with van der Waals surface area (Å²) in [5, 5.41) is 0. The molecule has 7 heteroatoms. The zero-order valence-corrected chi connectivity index (χ0v) is 15.7. The number of oxazole rings is 1. The van der Waals surface area contributed by atoms with Gasteiger partial charge in [0.15, 0.2) is 11.7 Å². The molecule has 134 valence electrons. The van der Waals surface area contributed by atoms with E-state index in [1.165, 1.54) is 22.1 Å². The first-order valence-electron chi connectivity index (χ1n) is 8.79. The second-order valence-electron chi connectivity index (χ2n) is 6.77. The van der Waals surface area contributed by atoms with E-state index in [2.05, 4.69) is 4.98 Å². The number of benzene rings is 1. The predicted molar refractivity (Wildman–Crippen MR) is 101 cm³/mol. The monoisotopic (exact) mass is 386 g/mol. The van der Waals surface area contributed by atoms with Gasteiger partial charge in [-0.3, -0.25) is 4.31 Å². The normalized spacial score (nSPS) is 17.3. The van der Waals surface area contributed by atoms with Crippen molar-refractivity contribution in [2.45, 2.75) is 35.8 Å². The van der Waals surface area contributed by atoms with Gasteiger partial charge in [-0.05, 0) is 43.0 Å². The Labute approximate surface area is 156 Å². The molecule has 26 heavy (non-hydrogen) atoms. The molecule has 0 amide bonds. The largest absolute Gasteiger partial charge is 0.440 e. The molecule has 0 unspecified atom stereocenters. The average molecular weight is 386 g/mol. The molecule has 3 aromatic rings. The second kappa shape index (κ2) is 5.96. The van der Waals surface area contributed by atoms with E-state index >= 15 is 0 Å². The van der Waals surface area contributed by atoms with Crippen LogP contribution in [0, 0.1) is 0 Å². The Kier molecular flexibility index (Phi) is 3.68. The summed E-state index contributed by atoms with van der Waals surface area (Å²) in [6, 6.07) is 11.2. The van der Waals surface area contributed by atoms with Gasteiger partial charge in [-0.25, -0.2) is 13.4 Å². The summed E-state index contributed by atoms with van der Waals surface area (Å²) >= 11 is 1.24. The van der Waals surface area contributed by atoms with E-state index in [4.69, 9.17) is 4.42 Å². The maximum atomic E-state index is 13.1. The minimum Gasteiger partial charge on any atom is -0.440 e. The molecule has 0 saturated heterocycles. The molecule has 0 radical (unpaired) electrons. The van der Waals surface area contributed by atoms with Gasteiger partial charge >= 0.3 is 0 Å². The highest BCUT2D eigenvalue weighted by Gasteiger charge is 2.32. The molecule has 1 aliphatic heterocycles. The fourth-order valence-electron chi connectivity index (χ4n) is 3.50. The van der Waals surface area contributed by atoms with Gasteiger partial charge in [0.25, 0.3) is 10.0 Å². The Balaban J connectivity index is 1.45. The number of hydrogen-bond donors (Lipinski definition) is 0. The van der Waals surface area contributed by atoms with E-state index in [0.717, 1.165) is 41.3 Å². The number of para-hydroxylation sites is 1. The van der Waals surface area contributed by atoms with Crippen molar-refractivity contribution in [3.63, 3.8) is 0 Å². The van der Waals surface area contributed by atoms with Crippen LogP contribution in [0.5, 0.6) is 0 Å². The highest BCUT2D eigenvalue weighted by Crippen LogP contribution is 2.40. The molecule has 1 saturated carbocycles. The molecule has 0 atom stereocenters. The second-order valence-corrected chi connectivity index (χ2v) is 9.94. The van der Waals surface area contributed by atoms with Crippen molar-refractivity contribution in [2.75, 3.05) is 10.8 Å². The van der Waals surface area contributed by atoms with Gasteiger partial charge in [-0.1, -0.05) is 24.6 Å². The van der Waals surface area contributed by atoms with E-state index in [0.29, 0.717) is 22.4 Å². The van der Waals surface area contributed by atoms with Crippen LogP contribution in [0.15, 0.2) is 51.2 Å². The lowest BCUT2D eigenvalue weighted by Crippen LogP contribution is -2.28. The zero-order chi connectivity index (χ0) is 17.7. The van der Waals surface area contributed by atoms with E-state index in [1.54, 1.807) is 12.3 Å². The number of thiophene rings is 1. The first kappa shape index (κ1) is 16.1. The molecule has 0 N–H and O–H groups in total. The third-order valence-electron chi connectivity index (χ3n) is 5.19. The summed E-state index contributed by atoms with van der Waals surface area (Å²) in [6.07, 6.45) is 5.93. The minimum atomic E-state index is -3.55. The number of aromatic nitrogens is 1. The number of rotatable bonds is 4. The summed E-state index contributed by atoms with van der Waals surface area (Å²) in [5.41, 5.74) is 1.86. The SMILES string of the molecule is O=S(=O)(c1ccc(-c2cnc(C3CCC3)o2)s1)N1CCc2ccccc21. The van der Waals surface area contributed by atoms with Crippen molar-refractivity contribution >= 4 is 27.0 Å². The smallest absolute Gasteiger partial charge is 0.273 e. The molecule has 5 rings (SSSR count). The number of fused-ring (bicyclic) bond motifs is 1. The number of nitrogens with zero attached hydrogens (tertiary/aromatic N) is 2. The van der Waals surface area contributed by atoms with Crippen molar-refractivity contribution in [3.05, 3.63) is 54.0 Å². The van der Waals surface area contributed by atoms with E-state index < -0.39 is 10.0 Å². The zero-order valence-electron chi connectivity index (χ0n) is 14.1. The molecule has 1 fully saturated rings. The molecular weight excluding hydrogens is 368 g/mol. The molecule has 5 nitrogen and oxygen atoms in total. The van der Waals surface area contributed by atoms with E-state index in [1.807, 2.05) is 30.3 Å². The van der Waals surface area contributed by atoms with Crippen LogP contribution in [-0.4, -0.2) is 19.9 Å². The van der Waals surface area contributed by atoms with Crippen LogP contribution in [-0.2, 0) is 16.4 Å². The Morgan fingerprint density at radius 3 is 2.81 bits per heavy atom. The molecule has 1 aliphatic carbocycles. The van der Waals surface area contributed by atoms with Crippen LogP contribution in [0.25, 0.3) is 10.6 Å². The lowest BCUT2D eigenvalue weighted by molar-refractivity contribution is 0.338. The van der Waals surface area contributed by atoms with Gasteiger partial charge in [0, 0.05) is 12.5 Å². The van der Waals surface area contributed by atoms with Crippen LogP contribution in [0.2, 0.25) is 0 Å². The van der Waals surface area contributed by atoms with Crippen LogP contribution >= 0.6 is 11.3 Å². The average Bonchev–Trinajstić information content (AvgIpc) is 3.32. The van der Waals surface area contributed by atoms with Crippen LogP contribution in [0.4, 0.5) is 5.69 Å². The van der Waals surface area contributed by atoms with E-state index in [-0.39, 0.29) is 0 Å². The van der Waals surface area contributed by atoms with Crippen LogP contribution < -0.4 is 4.31 Å². The lowest BCUT2D eigenvalue weighted by Gasteiger charge is -2.21. The Bertz CT molecular complexity index is 1060. The van der Waals surface area contributed by atoms with Crippen molar-refractivity contribution in [2.24, 2.45) is 0 Å². The van der Waals surface area contributed by atoms with Crippen molar-refractivity contribution in [1.82, 2.24) is 4.98 Å². The Morgan fingerprint density at radius 1 is 1.15 bits per heavy atom. The topological polar surface area (TPSA) is 63.4 Å². The molecule has 2 aromatic heterocycles. The summed E-state index contributed by atoms with van der Waals surface area (Å²) in [7, 11) is -3.55. The van der Waals surface area contributed by atoms with Crippen LogP contribution in [0.1, 0.15) is 36.6 Å². The van der Waals surface area contributed by atoms with Gasteiger partial charge in [0.1, 0.15) is 4.21 Å². The predicted octanol–water partition coefficient (Wildman–Crippen LogP) is 4.42. The number of anilines is 1.